The molecule has 1 N–H and O–H groups in total. The van der Waals surface area contributed by atoms with Gasteiger partial charge in [0.05, 0.1) is 0 Å². The molecular weight excluding hydrogens is 330 g/mol. The van der Waals surface area contributed by atoms with Gasteiger partial charge >= 0.3 is 0 Å². The molecule has 0 aliphatic rings. The summed E-state index contributed by atoms with van der Waals surface area (Å²) in [7, 11) is 0. The molecule has 2 heterocycles. The van der Waals surface area contributed by atoms with Gasteiger partial charge in [-0.3, -0.25) is 14.5 Å². The van der Waals surface area contributed by atoms with Crippen LogP contribution in [0.2, 0.25) is 0 Å². The van der Waals surface area contributed by atoms with Gasteiger partial charge in [0.25, 0.3) is 0 Å². The number of carbonyl (C=O) groups is 1. The average Bonchev–Trinajstić information content (AvgIpc) is 3.20. The SMILES string of the molecule is O=C(CCCn1cncn1)NCc1ccc(OCc2cccnc2)cc1. The molecule has 0 fully saturated rings. The van der Waals surface area contributed by atoms with Gasteiger partial charge < -0.3 is 10.1 Å². The number of aryl methyl sites for hydroxylation is 1. The summed E-state index contributed by atoms with van der Waals surface area (Å²) in [6, 6.07) is 11.6. The third kappa shape index (κ3) is 5.70. The predicted molar refractivity (Wildman–Crippen MR) is 96.1 cm³/mol. The largest absolute Gasteiger partial charge is 0.489 e. The molecule has 0 unspecified atom stereocenters. The van der Waals surface area contributed by atoms with Crippen molar-refractivity contribution in [1.29, 1.82) is 0 Å². The van der Waals surface area contributed by atoms with E-state index in [1.54, 1.807) is 23.4 Å². The Morgan fingerprint density at radius 2 is 2.00 bits per heavy atom. The first-order valence-corrected chi connectivity index (χ1v) is 8.49. The summed E-state index contributed by atoms with van der Waals surface area (Å²) in [5.41, 5.74) is 2.05. The molecule has 3 rings (SSSR count). The van der Waals surface area contributed by atoms with Crippen molar-refractivity contribution in [1.82, 2.24) is 25.1 Å². The molecule has 134 valence electrons. The fourth-order valence-electron chi connectivity index (χ4n) is 2.39. The summed E-state index contributed by atoms with van der Waals surface area (Å²) in [5, 5.41) is 6.93. The van der Waals surface area contributed by atoms with Crippen molar-refractivity contribution < 1.29 is 9.53 Å². The lowest BCUT2D eigenvalue weighted by atomic mass is 10.2. The molecule has 0 spiro atoms. The molecule has 0 aliphatic heterocycles. The summed E-state index contributed by atoms with van der Waals surface area (Å²) in [5.74, 6) is 0.818. The first-order valence-electron chi connectivity index (χ1n) is 8.49. The number of ether oxygens (including phenoxy) is 1. The number of rotatable bonds is 9. The molecule has 1 amide bonds. The van der Waals surface area contributed by atoms with Gasteiger partial charge in [0.2, 0.25) is 5.91 Å². The fraction of sp³-hybridized carbons (Fsp3) is 0.263. The van der Waals surface area contributed by atoms with Gasteiger partial charge in [-0.15, -0.1) is 0 Å². The van der Waals surface area contributed by atoms with Crippen LogP contribution in [-0.2, 0) is 24.5 Å². The molecule has 0 aliphatic carbocycles. The van der Waals surface area contributed by atoms with Crippen molar-refractivity contribution in [3.8, 4) is 5.75 Å². The lowest BCUT2D eigenvalue weighted by Crippen LogP contribution is -2.22. The van der Waals surface area contributed by atoms with Crippen LogP contribution in [0.1, 0.15) is 24.0 Å². The van der Waals surface area contributed by atoms with Crippen LogP contribution < -0.4 is 10.1 Å². The van der Waals surface area contributed by atoms with E-state index in [1.165, 1.54) is 6.33 Å². The monoisotopic (exact) mass is 351 g/mol. The number of nitrogens with zero attached hydrogens (tertiary/aromatic N) is 4. The molecule has 7 heteroatoms. The Hall–Kier alpha value is -3.22. The van der Waals surface area contributed by atoms with Crippen LogP contribution in [-0.4, -0.2) is 25.7 Å². The lowest BCUT2D eigenvalue weighted by molar-refractivity contribution is -0.121. The number of aromatic nitrogens is 4. The Balaban J connectivity index is 1.36. The highest BCUT2D eigenvalue weighted by molar-refractivity contribution is 5.75. The third-order valence-electron chi connectivity index (χ3n) is 3.80. The van der Waals surface area contributed by atoms with Crippen LogP contribution in [0.3, 0.4) is 0 Å². The number of pyridine rings is 1. The number of carbonyl (C=O) groups excluding carboxylic acids is 1. The molecule has 2 aromatic heterocycles. The number of hydrogen-bond acceptors (Lipinski definition) is 5. The summed E-state index contributed by atoms with van der Waals surface area (Å²) in [4.78, 5) is 19.8. The highest BCUT2D eigenvalue weighted by Gasteiger charge is 2.03. The molecule has 7 nitrogen and oxygen atoms in total. The summed E-state index contributed by atoms with van der Waals surface area (Å²) in [6.45, 7) is 1.68. The van der Waals surface area contributed by atoms with Crippen LogP contribution in [0.5, 0.6) is 5.75 Å². The van der Waals surface area contributed by atoms with Crippen LogP contribution in [0, 0.1) is 0 Å². The minimum Gasteiger partial charge on any atom is -0.489 e. The van der Waals surface area contributed by atoms with Gasteiger partial charge in [0, 0.05) is 37.5 Å². The normalized spacial score (nSPS) is 10.5. The molecule has 0 saturated heterocycles. The van der Waals surface area contributed by atoms with Crippen molar-refractivity contribution in [2.45, 2.75) is 32.5 Å². The van der Waals surface area contributed by atoms with Crippen molar-refractivity contribution in [2.75, 3.05) is 0 Å². The molecular formula is C19H21N5O2. The Morgan fingerprint density at radius 1 is 1.12 bits per heavy atom. The molecule has 26 heavy (non-hydrogen) atoms. The lowest BCUT2D eigenvalue weighted by Gasteiger charge is -2.08. The molecule has 3 aromatic rings. The quantitative estimate of drug-likeness (QED) is 0.640. The molecule has 0 atom stereocenters. The first kappa shape index (κ1) is 17.6. The zero-order valence-corrected chi connectivity index (χ0v) is 14.4. The van der Waals surface area contributed by atoms with Crippen molar-refractivity contribution >= 4 is 5.91 Å². The fourth-order valence-corrected chi connectivity index (χ4v) is 2.39. The van der Waals surface area contributed by atoms with Crippen LogP contribution >= 0.6 is 0 Å². The van der Waals surface area contributed by atoms with Crippen molar-refractivity contribution in [2.24, 2.45) is 0 Å². The average molecular weight is 351 g/mol. The third-order valence-corrected chi connectivity index (χ3v) is 3.80. The standard InChI is InChI=1S/C19H21N5O2/c25-19(4-2-10-24-15-21-14-23-24)22-12-16-5-7-18(8-6-16)26-13-17-3-1-9-20-11-17/h1,3,5-9,11,14-15H,2,4,10,12-13H2,(H,22,25). The predicted octanol–water partition coefficient (Wildman–Crippen LogP) is 2.35. The van der Waals surface area contributed by atoms with Gasteiger partial charge in [-0.25, -0.2) is 4.98 Å². The van der Waals surface area contributed by atoms with E-state index < -0.39 is 0 Å². The summed E-state index contributed by atoms with van der Waals surface area (Å²) in [6.07, 6.45) is 7.86. The van der Waals surface area contributed by atoms with E-state index in [-0.39, 0.29) is 5.91 Å². The number of benzene rings is 1. The van der Waals surface area contributed by atoms with Crippen LogP contribution in [0.25, 0.3) is 0 Å². The second kappa shape index (κ2) is 9.31. The maximum Gasteiger partial charge on any atom is 0.220 e. The summed E-state index contributed by atoms with van der Waals surface area (Å²) < 4.78 is 7.44. The van der Waals surface area contributed by atoms with Gasteiger partial charge in [-0.2, -0.15) is 5.10 Å². The maximum atomic E-state index is 11.9. The summed E-state index contributed by atoms with van der Waals surface area (Å²) >= 11 is 0. The van der Waals surface area contributed by atoms with Crippen LogP contribution in [0.4, 0.5) is 0 Å². The van der Waals surface area contributed by atoms with Crippen molar-refractivity contribution in [3.05, 3.63) is 72.6 Å². The Kier molecular flexibility index (Phi) is 6.30. The smallest absolute Gasteiger partial charge is 0.220 e. The Labute approximate surface area is 152 Å². The van der Waals surface area contributed by atoms with E-state index in [9.17, 15) is 4.79 Å². The second-order valence-corrected chi connectivity index (χ2v) is 5.83. The molecule has 0 bridgehead atoms. The molecule has 0 radical (unpaired) electrons. The van der Waals surface area contributed by atoms with Crippen LogP contribution in [0.15, 0.2) is 61.4 Å². The zero-order chi connectivity index (χ0) is 18.0. The van der Waals surface area contributed by atoms with E-state index in [1.807, 2.05) is 36.4 Å². The Morgan fingerprint density at radius 3 is 2.73 bits per heavy atom. The molecule has 1 aromatic carbocycles. The van der Waals surface area contributed by atoms with Gasteiger partial charge in [0.15, 0.2) is 0 Å². The van der Waals surface area contributed by atoms with E-state index in [0.29, 0.717) is 26.1 Å². The number of amides is 1. The minimum atomic E-state index is 0.0296. The minimum absolute atomic E-state index is 0.0296. The molecule has 0 saturated carbocycles. The van der Waals surface area contributed by atoms with Gasteiger partial charge in [-0.1, -0.05) is 18.2 Å². The number of hydrogen-bond donors (Lipinski definition) is 1. The van der Waals surface area contributed by atoms with E-state index in [4.69, 9.17) is 4.74 Å². The topological polar surface area (TPSA) is 81.9 Å². The van der Waals surface area contributed by atoms with E-state index in [2.05, 4.69) is 20.4 Å². The van der Waals surface area contributed by atoms with Crippen molar-refractivity contribution in [3.63, 3.8) is 0 Å². The van der Waals surface area contributed by atoms with Gasteiger partial charge in [-0.05, 0) is 30.2 Å². The highest BCUT2D eigenvalue weighted by atomic mass is 16.5. The van der Waals surface area contributed by atoms with Gasteiger partial charge in [0.1, 0.15) is 25.0 Å². The first-order chi connectivity index (χ1) is 12.8. The van der Waals surface area contributed by atoms with E-state index in [0.717, 1.165) is 23.3 Å². The second-order valence-electron chi connectivity index (χ2n) is 5.83. The maximum absolute atomic E-state index is 11.9. The Bertz CT molecular complexity index is 789. The number of nitrogens with one attached hydrogen (secondary N) is 1. The zero-order valence-electron chi connectivity index (χ0n) is 14.4. The van der Waals surface area contributed by atoms with E-state index >= 15 is 0 Å². The highest BCUT2D eigenvalue weighted by Crippen LogP contribution is 2.14.